The average Bonchev–Trinajstić information content (AvgIpc) is 2.24. The second-order valence-corrected chi connectivity index (χ2v) is 5.45. The van der Waals surface area contributed by atoms with Gasteiger partial charge in [-0.15, -0.1) is 10.3 Å². The highest BCUT2D eigenvalue weighted by Crippen LogP contribution is 2.27. The fourth-order valence-electron chi connectivity index (χ4n) is 2.07. The molecule has 96 valence electrons. The van der Waals surface area contributed by atoms with Crippen LogP contribution in [-0.2, 0) is 16.0 Å². The highest BCUT2D eigenvalue weighted by Gasteiger charge is 2.20. The van der Waals surface area contributed by atoms with Gasteiger partial charge in [0.2, 0.25) is 0 Å². The Morgan fingerprint density at radius 2 is 1.78 bits per heavy atom. The number of aldehydes is 1. The second kappa shape index (κ2) is 4.91. The number of terminal acetylenes is 1. The van der Waals surface area contributed by atoms with Gasteiger partial charge in [0.15, 0.2) is 6.29 Å². The zero-order chi connectivity index (χ0) is 14.1. The van der Waals surface area contributed by atoms with Crippen LogP contribution in [-0.4, -0.2) is 14.7 Å². The maximum absolute atomic E-state index is 12.8. The Balaban J connectivity index is 3.73. The van der Waals surface area contributed by atoms with Crippen LogP contribution in [0.15, 0.2) is 0 Å². The van der Waals surface area contributed by atoms with Crippen LogP contribution in [0.5, 0.6) is 0 Å². The fraction of sp³-hybridized carbons (Fsp3) is 0.308. The van der Waals surface area contributed by atoms with E-state index in [1.165, 1.54) is 0 Å². The lowest BCUT2D eigenvalue weighted by Crippen LogP contribution is -2.08. The summed E-state index contributed by atoms with van der Waals surface area (Å²) in [5.74, 6) is 1.65. The van der Waals surface area contributed by atoms with Crippen LogP contribution in [0.4, 0.5) is 3.89 Å². The number of rotatable bonds is 3. The van der Waals surface area contributed by atoms with Gasteiger partial charge >= 0.3 is 10.2 Å². The Labute approximate surface area is 106 Å². The van der Waals surface area contributed by atoms with Crippen molar-refractivity contribution in [2.45, 2.75) is 26.5 Å². The molecule has 0 unspecified atom stereocenters. The standard InChI is InChI=1S/C13H13FO3S/c1-5-11-8(2)12(6-15)10(4)13(9(11)3)7-18(14,16)17/h1,6H,7H2,2-4H3. The highest BCUT2D eigenvalue weighted by atomic mass is 32.3. The van der Waals surface area contributed by atoms with Gasteiger partial charge < -0.3 is 0 Å². The molecular weight excluding hydrogens is 255 g/mol. The van der Waals surface area contributed by atoms with Crippen molar-refractivity contribution < 1.29 is 17.1 Å². The number of carbonyl (C=O) groups is 1. The van der Waals surface area contributed by atoms with E-state index in [2.05, 4.69) is 5.92 Å². The molecule has 1 aromatic carbocycles. The molecule has 0 aliphatic heterocycles. The van der Waals surface area contributed by atoms with Gasteiger partial charge in [-0.3, -0.25) is 4.79 Å². The van der Waals surface area contributed by atoms with Gasteiger partial charge in [-0.25, -0.2) is 0 Å². The predicted octanol–water partition coefficient (Wildman–Crippen LogP) is 2.20. The molecule has 18 heavy (non-hydrogen) atoms. The van der Waals surface area contributed by atoms with Crippen molar-refractivity contribution in [3.63, 3.8) is 0 Å². The van der Waals surface area contributed by atoms with Crippen LogP contribution in [0, 0.1) is 33.1 Å². The summed E-state index contributed by atoms with van der Waals surface area (Å²) in [5, 5.41) is 0. The third-order valence-electron chi connectivity index (χ3n) is 3.04. The SMILES string of the molecule is C#Cc1c(C)c(C=O)c(C)c(CS(=O)(=O)F)c1C. The third-order valence-corrected chi connectivity index (χ3v) is 3.68. The van der Waals surface area contributed by atoms with Crippen molar-refractivity contribution in [1.29, 1.82) is 0 Å². The van der Waals surface area contributed by atoms with Crippen molar-refractivity contribution in [3.8, 4) is 12.3 Å². The normalized spacial score (nSPS) is 11.1. The van der Waals surface area contributed by atoms with E-state index in [0.29, 0.717) is 34.1 Å². The number of hydrogen-bond donors (Lipinski definition) is 0. The van der Waals surface area contributed by atoms with Crippen molar-refractivity contribution in [3.05, 3.63) is 33.4 Å². The third kappa shape index (κ3) is 2.59. The van der Waals surface area contributed by atoms with Crippen LogP contribution < -0.4 is 0 Å². The van der Waals surface area contributed by atoms with Gasteiger partial charge in [-0.1, -0.05) is 5.92 Å². The first-order valence-electron chi connectivity index (χ1n) is 5.19. The first-order chi connectivity index (χ1) is 8.22. The summed E-state index contributed by atoms with van der Waals surface area (Å²) in [4.78, 5) is 11.0. The van der Waals surface area contributed by atoms with Crippen LogP contribution in [0.1, 0.15) is 38.2 Å². The number of halogens is 1. The maximum Gasteiger partial charge on any atom is 0.306 e. The van der Waals surface area contributed by atoms with E-state index in [-0.39, 0.29) is 5.56 Å². The molecule has 0 aliphatic rings. The van der Waals surface area contributed by atoms with E-state index in [9.17, 15) is 17.1 Å². The highest BCUT2D eigenvalue weighted by molar-refractivity contribution is 7.85. The van der Waals surface area contributed by atoms with Gasteiger partial charge in [-0.2, -0.15) is 8.42 Å². The molecule has 0 saturated carbocycles. The van der Waals surface area contributed by atoms with Gasteiger partial charge in [0.1, 0.15) is 5.75 Å². The van der Waals surface area contributed by atoms with Crippen molar-refractivity contribution >= 4 is 16.5 Å². The molecule has 0 radical (unpaired) electrons. The van der Waals surface area contributed by atoms with Crippen LogP contribution in [0.25, 0.3) is 0 Å². The van der Waals surface area contributed by atoms with Crippen molar-refractivity contribution in [1.82, 2.24) is 0 Å². The zero-order valence-corrected chi connectivity index (χ0v) is 11.2. The Morgan fingerprint density at radius 1 is 1.22 bits per heavy atom. The second-order valence-electron chi connectivity index (χ2n) is 4.09. The topological polar surface area (TPSA) is 51.2 Å². The molecule has 0 fully saturated rings. The van der Waals surface area contributed by atoms with Gasteiger partial charge in [0, 0.05) is 11.1 Å². The fourth-order valence-corrected chi connectivity index (χ4v) is 2.85. The number of carbonyl (C=O) groups excluding carboxylic acids is 1. The first-order valence-corrected chi connectivity index (χ1v) is 6.75. The van der Waals surface area contributed by atoms with E-state index in [0.717, 1.165) is 0 Å². The zero-order valence-electron chi connectivity index (χ0n) is 10.4. The molecule has 0 saturated heterocycles. The van der Waals surface area contributed by atoms with E-state index in [4.69, 9.17) is 6.42 Å². The summed E-state index contributed by atoms with van der Waals surface area (Å²) in [6.45, 7) is 4.90. The average molecular weight is 268 g/mol. The molecule has 0 amide bonds. The lowest BCUT2D eigenvalue weighted by atomic mass is 9.90. The summed E-state index contributed by atoms with van der Waals surface area (Å²) in [7, 11) is -4.67. The Bertz CT molecular complexity index is 652. The maximum atomic E-state index is 12.8. The molecule has 0 aromatic heterocycles. The van der Waals surface area contributed by atoms with E-state index >= 15 is 0 Å². The first kappa shape index (κ1) is 14.4. The van der Waals surface area contributed by atoms with Crippen LogP contribution >= 0.6 is 0 Å². The van der Waals surface area contributed by atoms with E-state index in [1.54, 1.807) is 20.8 Å². The molecule has 3 nitrogen and oxygen atoms in total. The minimum absolute atomic E-state index is 0.262. The quantitative estimate of drug-likeness (QED) is 0.480. The Kier molecular flexibility index (Phi) is 3.92. The van der Waals surface area contributed by atoms with Crippen molar-refractivity contribution in [2.75, 3.05) is 0 Å². The van der Waals surface area contributed by atoms with Gasteiger partial charge in [0.25, 0.3) is 0 Å². The minimum atomic E-state index is -4.67. The summed E-state index contributed by atoms with van der Waals surface area (Å²) in [6, 6.07) is 0. The summed E-state index contributed by atoms with van der Waals surface area (Å²) >= 11 is 0. The molecule has 0 spiro atoms. The predicted molar refractivity (Wildman–Crippen MR) is 67.7 cm³/mol. The molecular formula is C13H13FO3S. The summed E-state index contributed by atoms with van der Waals surface area (Å²) in [6.07, 6.45) is 5.96. The van der Waals surface area contributed by atoms with E-state index in [1.807, 2.05) is 0 Å². The van der Waals surface area contributed by atoms with Gasteiger partial charge in [-0.05, 0) is 43.0 Å². The smallest absolute Gasteiger partial charge is 0.298 e. The lowest BCUT2D eigenvalue weighted by molar-refractivity contribution is 0.112. The minimum Gasteiger partial charge on any atom is -0.298 e. The summed E-state index contributed by atoms with van der Waals surface area (Å²) < 4.78 is 34.4. The van der Waals surface area contributed by atoms with E-state index < -0.39 is 16.0 Å². The molecule has 0 bridgehead atoms. The Morgan fingerprint density at radius 3 is 2.17 bits per heavy atom. The molecule has 1 rings (SSSR count). The number of hydrogen-bond acceptors (Lipinski definition) is 3. The molecule has 5 heteroatoms. The molecule has 0 atom stereocenters. The van der Waals surface area contributed by atoms with Crippen molar-refractivity contribution in [2.24, 2.45) is 0 Å². The Hall–Kier alpha value is -1.67. The van der Waals surface area contributed by atoms with Crippen LogP contribution in [0.2, 0.25) is 0 Å². The molecule has 0 aliphatic carbocycles. The largest absolute Gasteiger partial charge is 0.306 e. The molecule has 0 N–H and O–H groups in total. The molecule has 1 aromatic rings. The lowest BCUT2D eigenvalue weighted by Gasteiger charge is -2.15. The monoisotopic (exact) mass is 268 g/mol. The van der Waals surface area contributed by atoms with Crippen LogP contribution in [0.3, 0.4) is 0 Å². The number of benzene rings is 1. The molecule has 0 heterocycles. The summed E-state index contributed by atoms with van der Waals surface area (Å²) in [5.41, 5.74) is 2.63. The van der Waals surface area contributed by atoms with Gasteiger partial charge in [0.05, 0.1) is 0 Å².